The molecular weight excluding hydrogens is 275 g/mol. The maximum absolute atomic E-state index is 13.3. The first-order valence-corrected chi connectivity index (χ1v) is 6.05. The zero-order valence-electron chi connectivity index (χ0n) is 8.80. The molecule has 0 saturated carbocycles. The molecule has 0 radical (unpaired) electrons. The highest BCUT2D eigenvalue weighted by molar-refractivity contribution is 9.10. The number of hydrogen-bond acceptors (Lipinski definition) is 3. The van der Waals surface area contributed by atoms with E-state index in [2.05, 4.69) is 21.2 Å². The van der Waals surface area contributed by atoms with Crippen LogP contribution in [0.3, 0.4) is 0 Å². The van der Waals surface area contributed by atoms with Crippen molar-refractivity contribution in [3.05, 3.63) is 22.4 Å². The lowest BCUT2D eigenvalue weighted by Crippen LogP contribution is -2.30. The quantitative estimate of drug-likeness (QED) is 0.823. The summed E-state index contributed by atoms with van der Waals surface area (Å²) in [6.07, 6.45) is 2.05. The van der Waals surface area contributed by atoms with Crippen molar-refractivity contribution in [2.75, 3.05) is 24.3 Å². The zero-order chi connectivity index (χ0) is 11.5. The van der Waals surface area contributed by atoms with Crippen LogP contribution in [-0.2, 0) is 4.74 Å². The van der Waals surface area contributed by atoms with Crippen molar-refractivity contribution in [1.29, 1.82) is 0 Å². The van der Waals surface area contributed by atoms with Crippen molar-refractivity contribution in [1.82, 2.24) is 0 Å². The molecule has 3 nitrogen and oxygen atoms in total. The molecule has 1 unspecified atom stereocenters. The van der Waals surface area contributed by atoms with Crippen LogP contribution in [0.2, 0.25) is 0 Å². The maximum Gasteiger partial charge on any atom is 0.139 e. The molecule has 5 heteroatoms. The number of anilines is 2. The van der Waals surface area contributed by atoms with E-state index in [1.165, 1.54) is 6.07 Å². The summed E-state index contributed by atoms with van der Waals surface area (Å²) >= 11 is 3.10. The molecule has 0 amide bonds. The molecule has 0 bridgehead atoms. The monoisotopic (exact) mass is 288 g/mol. The van der Waals surface area contributed by atoms with E-state index >= 15 is 0 Å². The number of benzene rings is 1. The smallest absolute Gasteiger partial charge is 0.139 e. The summed E-state index contributed by atoms with van der Waals surface area (Å²) in [5.41, 5.74) is 6.98. The topological polar surface area (TPSA) is 47.3 Å². The van der Waals surface area contributed by atoms with Gasteiger partial charge >= 0.3 is 0 Å². The Balaban J connectivity index is 2.11. The van der Waals surface area contributed by atoms with Gasteiger partial charge in [-0.2, -0.15) is 0 Å². The van der Waals surface area contributed by atoms with E-state index in [1.54, 1.807) is 6.07 Å². The van der Waals surface area contributed by atoms with E-state index in [9.17, 15) is 4.39 Å². The van der Waals surface area contributed by atoms with E-state index in [-0.39, 0.29) is 11.9 Å². The highest BCUT2D eigenvalue weighted by atomic mass is 79.9. The summed E-state index contributed by atoms with van der Waals surface area (Å²) in [6, 6.07) is 3.20. The van der Waals surface area contributed by atoms with Gasteiger partial charge in [0, 0.05) is 18.7 Å². The van der Waals surface area contributed by atoms with E-state index in [4.69, 9.17) is 10.5 Å². The van der Waals surface area contributed by atoms with Crippen molar-refractivity contribution >= 4 is 27.3 Å². The summed E-state index contributed by atoms with van der Waals surface area (Å²) in [7, 11) is 0. The van der Waals surface area contributed by atoms with Gasteiger partial charge in [0.15, 0.2) is 0 Å². The molecule has 1 aliphatic rings. The molecule has 1 atom stereocenters. The lowest BCUT2D eigenvalue weighted by atomic mass is 10.1. The van der Waals surface area contributed by atoms with Gasteiger partial charge in [0.05, 0.1) is 22.5 Å². The third kappa shape index (κ3) is 2.65. The van der Waals surface area contributed by atoms with Crippen molar-refractivity contribution in [3.63, 3.8) is 0 Å². The fourth-order valence-corrected chi connectivity index (χ4v) is 2.12. The van der Waals surface area contributed by atoms with Crippen LogP contribution >= 0.6 is 15.9 Å². The van der Waals surface area contributed by atoms with E-state index in [0.29, 0.717) is 22.5 Å². The van der Waals surface area contributed by atoms with Gasteiger partial charge in [0.2, 0.25) is 0 Å². The second-order valence-corrected chi connectivity index (χ2v) is 4.77. The Morgan fingerprint density at radius 3 is 3.00 bits per heavy atom. The van der Waals surface area contributed by atoms with E-state index in [1.807, 2.05) is 0 Å². The fraction of sp³-hybridized carbons (Fsp3) is 0.455. The van der Waals surface area contributed by atoms with Crippen LogP contribution in [-0.4, -0.2) is 19.3 Å². The molecule has 3 N–H and O–H groups in total. The summed E-state index contributed by atoms with van der Waals surface area (Å²) in [6.45, 7) is 1.46. The molecular formula is C11H14BrFN2O. The minimum Gasteiger partial charge on any atom is -0.397 e. The second kappa shape index (κ2) is 5.01. The van der Waals surface area contributed by atoms with Gasteiger partial charge < -0.3 is 15.8 Å². The minimum absolute atomic E-state index is 0.219. The summed E-state index contributed by atoms with van der Waals surface area (Å²) in [5.74, 6) is -0.312. The van der Waals surface area contributed by atoms with Gasteiger partial charge in [-0.25, -0.2) is 4.39 Å². The second-order valence-electron chi connectivity index (χ2n) is 3.91. The Morgan fingerprint density at radius 2 is 2.31 bits per heavy atom. The van der Waals surface area contributed by atoms with Crippen molar-refractivity contribution in [2.24, 2.45) is 0 Å². The Kier molecular flexibility index (Phi) is 3.66. The van der Waals surface area contributed by atoms with Gasteiger partial charge in [-0.3, -0.25) is 0 Å². The van der Waals surface area contributed by atoms with Crippen LogP contribution < -0.4 is 11.1 Å². The summed E-state index contributed by atoms with van der Waals surface area (Å²) in [4.78, 5) is 0. The SMILES string of the molecule is Nc1cc(Br)c(F)cc1NC1CCCOC1. The van der Waals surface area contributed by atoms with Gasteiger partial charge in [0.1, 0.15) is 5.82 Å². The van der Waals surface area contributed by atoms with Gasteiger partial charge in [-0.15, -0.1) is 0 Å². The molecule has 1 fully saturated rings. The Bertz CT molecular complexity index is 380. The van der Waals surface area contributed by atoms with Crippen LogP contribution in [0.25, 0.3) is 0 Å². The number of rotatable bonds is 2. The first kappa shape index (κ1) is 11.7. The molecule has 1 aliphatic heterocycles. The summed E-state index contributed by atoms with van der Waals surface area (Å²) in [5, 5.41) is 3.21. The van der Waals surface area contributed by atoms with Gasteiger partial charge in [-0.1, -0.05) is 0 Å². The highest BCUT2D eigenvalue weighted by Crippen LogP contribution is 2.27. The molecule has 1 aromatic carbocycles. The average molecular weight is 289 g/mol. The molecule has 1 saturated heterocycles. The predicted octanol–water partition coefficient (Wildman–Crippen LogP) is 2.76. The molecule has 2 rings (SSSR count). The Morgan fingerprint density at radius 1 is 1.50 bits per heavy atom. The lowest BCUT2D eigenvalue weighted by molar-refractivity contribution is 0.0876. The number of halogens is 2. The molecule has 0 spiro atoms. The van der Waals surface area contributed by atoms with Crippen molar-refractivity contribution in [2.45, 2.75) is 18.9 Å². The third-order valence-corrected chi connectivity index (χ3v) is 3.22. The average Bonchev–Trinajstić information content (AvgIpc) is 2.27. The lowest BCUT2D eigenvalue weighted by Gasteiger charge is -2.24. The first-order valence-electron chi connectivity index (χ1n) is 5.25. The molecule has 16 heavy (non-hydrogen) atoms. The standard InChI is InChI=1S/C11H14BrFN2O/c12-8-4-10(14)11(5-9(8)13)15-7-2-1-3-16-6-7/h4-5,7,15H,1-3,6,14H2. The van der Waals surface area contributed by atoms with Gasteiger partial charge in [-0.05, 0) is 34.8 Å². The maximum atomic E-state index is 13.3. The Hall–Kier alpha value is -0.810. The molecule has 1 aromatic rings. The molecule has 1 heterocycles. The molecule has 0 aliphatic carbocycles. The fourth-order valence-electron chi connectivity index (χ4n) is 1.76. The van der Waals surface area contributed by atoms with E-state index in [0.717, 1.165) is 19.4 Å². The summed E-state index contributed by atoms with van der Waals surface area (Å²) < 4.78 is 19.1. The van der Waals surface area contributed by atoms with Crippen LogP contribution in [0, 0.1) is 5.82 Å². The number of ether oxygens (including phenoxy) is 1. The predicted molar refractivity (Wildman–Crippen MR) is 66.0 cm³/mol. The van der Waals surface area contributed by atoms with Crippen LogP contribution in [0.4, 0.5) is 15.8 Å². The minimum atomic E-state index is -0.312. The Labute approximate surface area is 102 Å². The largest absolute Gasteiger partial charge is 0.397 e. The zero-order valence-corrected chi connectivity index (χ0v) is 10.4. The van der Waals surface area contributed by atoms with E-state index < -0.39 is 0 Å². The normalized spacial score (nSPS) is 20.8. The van der Waals surface area contributed by atoms with Gasteiger partial charge in [0.25, 0.3) is 0 Å². The van der Waals surface area contributed by atoms with Crippen LogP contribution in [0.15, 0.2) is 16.6 Å². The number of nitrogens with one attached hydrogen (secondary N) is 1. The van der Waals surface area contributed by atoms with Crippen molar-refractivity contribution < 1.29 is 9.13 Å². The first-order chi connectivity index (χ1) is 7.66. The van der Waals surface area contributed by atoms with Crippen molar-refractivity contribution in [3.8, 4) is 0 Å². The molecule has 88 valence electrons. The number of hydrogen-bond donors (Lipinski definition) is 2. The third-order valence-electron chi connectivity index (χ3n) is 2.61. The van der Waals surface area contributed by atoms with Crippen LogP contribution in [0.1, 0.15) is 12.8 Å². The number of nitrogen functional groups attached to an aromatic ring is 1. The molecule has 0 aromatic heterocycles. The van der Waals surface area contributed by atoms with Crippen LogP contribution in [0.5, 0.6) is 0 Å². The highest BCUT2D eigenvalue weighted by Gasteiger charge is 2.15. The number of nitrogens with two attached hydrogens (primary N) is 1.